The number of halogens is 2. The van der Waals surface area contributed by atoms with Gasteiger partial charge in [0.1, 0.15) is 5.82 Å². The van der Waals surface area contributed by atoms with Gasteiger partial charge in [0.2, 0.25) is 5.16 Å². The van der Waals surface area contributed by atoms with E-state index in [4.69, 9.17) is 15.3 Å². The van der Waals surface area contributed by atoms with Crippen LogP contribution in [0.5, 0.6) is 11.5 Å². The van der Waals surface area contributed by atoms with Crippen LogP contribution in [0.4, 0.5) is 4.39 Å². The van der Waals surface area contributed by atoms with Crippen LogP contribution in [0.15, 0.2) is 46.0 Å². The molecule has 0 saturated heterocycles. The summed E-state index contributed by atoms with van der Waals surface area (Å²) in [6.45, 7) is 0. The standard InChI is InChI=1S/C18H18BrFN4O2S/c1-25-15-7-12(13(19)9-16(15)26-2)10-27-18-23-22-17(24(18)21)8-11-5-3-4-6-14(11)20/h3-7,9H,8,10,21H2,1-2H3. The lowest BCUT2D eigenvalue weighted by molar-refractivity contribution is 0.354. The van der Waals surface area contributed by atoms with Gasteiger partial charge in [-0.1, -0.05) is 45.9 Å². The van der Waals surface area contributed by atoms with Crippen LogP contribution >= 0.6 is 27.7 Å². The minimum atomic E-state index is -0.288. The second kappa shape index (κ2) is 8.62. The minimum Gasteiger partial charge on any atom is -0.493 e. The van der Waals surface area contributed by atoms with E-state index in [1.54, 1.807) is 32.4 Å². The normalized spacial score (nSPS) is 10.8. The summed E-state index contributed by atoms with van der Waals surface area (Å²) in [7, 11) is 3.18. The zero-order valence-corrected chi connectivity index (χ0v) is 17.2. The van der Waals surface area contributed by atoms with Gasteiger partial charge in [0, 0.05) is 16.6 Å². The molecule has 2 N–H and O–H groups in total. The monoisotopic (exact) mass is 452 g/mol. The number of aromatic nitrogens is 3. The van der Waals surface area contributed by atoms with Gasteiger partial charge in [-0.25, -0.2) is 9.07 Å². The highest BCUT2D eigenvalue weighted by atomic mass is 79.9. The quantitative estimate of drug-likeness (QED) is 0.434. The Bertz CT molecular complexity index is 951. The van der Waals surface area contributed by atoms with Gasteiger partial charge in [0.05, 0.1) is 14.2 Å². The molecule has 0 aliphatic heterocycles. The number of benzene rings is 2. The van der Waals surface area contributed by atoms with Crippen molar-refractivity contribution in [1.29, 1.82) is 0 Å². The van der Waals surface area contributed by atoms with Crippen LogP contribution < -0.4 is 15.3 Å². The molecule has 1 aromatic heterocycles. The topological polar surface area (TPSA) is 75.2 Å². The summed E-state index contributed by atoms with van der Waals surface area (Å²) in [5, 5.41) is 8.76. The Labute approximate surface area is 169 Å². The fraction of sp³-hybridized carbons (Fsp3) is 0.222. The molecule has 0 aliphatic carbocycles. The molecule has 0 unspecified atom stereocenters. The second-order valence-corrected chi connectivity index (χ2v) is 7.42. The molecule has 27 heavy (non-hydrogen) atoms. The molecule has 3 aromatic rings. The molecule has 0 spiro atoms. The smallest absolute Gasteiger partial charge is 0.210 e. The largest absolute Gasteiger partial charge is 0.493 e. The van der Waals surface area contributed by atoms with E-state index in [0.717, 1.165) is 10.0 Å². The van der Waals surface area contributed by atoms with Crippen molar-refractivity contribution in [3.8, 4) is 11.5 Å². The fourth-order valence-corrected chi connectivity index (χ4v) is 4.00. The molecule has 0 saturated carbocycles. The highest BCUT2D eigenvalue weighted by Crippen LogP contribution is 2.35. The molecule has 0 aliphatic rings. The molecule has 0 atom stereocenters. The molecular formula is C18H18BrFN4O2S. The highest BCUT2D eigenvalue weighted by molar-refractivity contribution is 9.10. The van der Waals surface area contributed by atoms with Crippen LogP contribution in [0.25, 0.3) is 0 Å². The molecule has 3 rings (SSSR count). The maximum absolute atomic E-state index is 13.8. The van der Waals surface area contributed by atoms with E-state index in [1.807, 2.05) is 12.1 Å². The van der Waals surface area contributed by atoms with Gasteiger partial charge in [0.15, 0.2) is 17.3 Å². The molecule has 142 valence electrons. The Morgan fingerprint density at radius 1 is 1.11 bits per heavy atom. The van der Waals surface area contributed by atoms with E-state index < -0.39 is 0 Å². The summed E-state index contributed by atoms with van der Waals surface area (Å²) in [4.78, 5) is 0. The Kier molecular flexibility index (Phi) is 6.22. The summed E-state index contributed by atoms with van der Waals surface area (Å²) in [6.07, 6.45) is 0.275. The SMILES string of the molecule is COc1cc(Br)c(CSc2nnc(Cc3ccccc3F)n2N)cc1OC. The summed E-state index contributed by atoms with van der Waals surface area (Å²) < 4.78 is 26.7. The number of hydrogen-bond donors (Lipinski definition) is 1. The average Bonchev–Trinajstić information content (AvgIpc) is 3.02. The van der Waals surface area contributed by atoms with Gasteiger partial charge in [-0.15, -0.1) is 10.2 Å². The lowest BCUT2D eigenvalue weighted by Crippen LogP contribution is -2.14. The maximum atomic E-state index is 13.8. The highest BCUT2D eigenvalue weighted by Gasteiger charge is 2.15. The lowest BCUT2D eigenvalue weighted by atomic mass is 10.1. The van der Waals surface area contributed by atoms with Crippen LogP contribution in [0, 0.1) is 5.82 Å². The molecule has 2 aromatic carbocycles. The Morgan fingerprint density at radius 3 is 2.52 bits per heavy atom. The van der Waals surface area contributed by atoms with Gasteiger partial charge in [0.25, 0.3) is 0 Å². The number of thioether (sulfide) groups is 1. The average molecular weight is 453 g/mol. The Balaban J connectivity index is 1.74. The molecule has 0 bridgehead atoms. The number of methoxy groups -OCH3 is 2. The van der Waals surface area contributed by atoms with E-state index in [-0.39, 0.29) is 12.2 Å². The molecule has 9 heteroatoms. The first-order valence-electron chi connectivity index (χ1n) is 7.99. The zero-order valence-electron chi connectivity index (χ0n) is 14.8. The number of hydrogen-bond acceptors (Lipinski definition) is 6. The van der Waals surface area contributed by atoms with Crippen LogP contribution in [0.2, 0.25) is 0 Å². The van der Waals surface area contributed by atoms with Crippen molar-refractivity contribution in [3.05, 3.63) is 63.6 Å². The summed E-state index contributed by atoms with van der Waals surface area (Å²) >= 11 is 4.96. The first-order chi connectivity index (χ1) is 13.0. The lowest BCUT2D eigenvalue weighted by Gasteiger charge is -2.11. The summed E-state index contributed by atoms with van der Waals surface area (Å²) in [6, 6.07) is 10.3. The van der Waals surface area contributed by atoms with Gasteiger partial charge >= 0.3 is 0 Å². The van der Waals surface area contributed by atoms with E-state index in [1.165, 1.54) is 22.5 Å². The minimum absolute atomic E-state index is 0.275. The third-order valence-corrected chi connectivity index (χ3v) is 5.68. The van der Waals surface area contributed by atoms with Crippen LogP contribution in [-0.4, -0.2) is 29.1 Å². The number of ether oxygens (including phenoxy) is 2. The van der Waals surface area contributed by atoms with Crippen molar-refractivity contribution in [3.63, 3.8) is 0 Å². The van der Waals surface area contributed by atoms with E-state index in [0.29, 0.717) is 33.8 Å². The van der Waals surface area contributed by atoms with Crippen molar-refractivity contribution >= 4 is 27.7 Å². The predicted molar refractivity (Wildman–Crippen MR) is 106 cm³/mol. The molecule has 0 fully saturated rings. The predicted octanol–water partition coefficient (Wildman–Crippen LogP) is 3.79. The first kappa shape index (κ1) is 19.5. The summed E-state index contributed by atoms with van der Waals surface area (Å²) in [5.41, 5.74) is 1.52. The molecule has 6 nitrogen and oxygen atoms in total. The third kappa shape index (κ3) is 4.36. The first-order valence-corrected chi connectivity index (χ1v) is 9.77. The fourth-order valence-electron chi connectivity index (χ4n) is 2.49. The zero-order chi connectivity index (χ0) is 19.4. The Morgan fingerprint density at radius 2 is 1.81 bits per heavy atom. The van der Waals surface area contributed by atoms with Gasteiger partial charge in [-0.3, -0.25) is 0 Å². The van der Waals surface area contributed by atoms with E-state index in [9.17, 15) is 4.39 Å². The van der Waals surface area contributed by atoms with Crippen LogP contribution in [0.1, 0.15) is 17.0 Å². The van der Waals surface area contributed by atoms with Gasteiger partial charge in [-0.2, -0.15) is 0 Å². The second-order valence-electron chi connectivity index (χ2n) is 5.62. The van der Waals surface area contributed by atoms with Crippen molar-refractivity contribution in [2.45, 2.75) is 17.3 Å². The van der Waals surface area contributed by atoms with E-state index in [2.05, 4.69) is 26.1 Å². The molecular weight excluding hydrogens is 435 g/mol. The number of rotatable bonds is 7. The number of nitrogens with two attached hydrogens (primary N) is 1. The van der Waals surface area contributed by atoms with Crippen molar-refractivity contribution in [2.24, 2.45) is 0 Å². The molecule has 0 radical (unpaired) electrons. The third-order valence-electron chi connectivity index (χ3n) is 3.95. The van der Waals surface area contributed by atoms with Crippen LogP contribution in [-0.2, 0) is 12.2 Å². The maximum Gasteiger partial charge on any atom is 0.210 e. The molecule has 1 heterocycles. The van der Waals surface area contributed by atoms with Crippen LogP contribution in [0.3, 0.4) is 0 Å². The number of nitrogen functional groups attached to an aromatic ring is 1. The number of nitrogens with zero attached hydrogens (tertiary/aromatic N) is 3. The van der Waals surface area contributed by atoms with E-state index >= 15 is 0 Å². The summed E-state index contributed by atoms with van der Waals surface area (Å²) in [5.74, 6) is 8.19. The Hall–Kier alpha value is -2.26. The van der Waals surface area contributed by atoms with Crippen molar-refractivity contribution in [1.82, 2.24) is 14.9 Å². The van der Waals surface area contributed by atoms with Crippen molar-refractivity contribution in [2.75, 3.05) is 20.1 Å². The van der Waals surface area contributed by atoms with Gasteiger partial charge in [-0.05, 0) is 29.3 Å². The van der Waals surface area contributed by atoms with Gasteiger partial charge < -0.3 is 15.3 Å². The molecule has 0 amide bonds. The van der Waals surface area contributed by atoms with Crippen molar-refractivity contribution < 1.29 is 13.9 Å².